The Kier molecular flexibility index (Phi) is 6.67. The van der Waals surface area contributed by atoms with Gasteiger partial charge in [-0.25, -0.2) is 4.79 Å². The van der Waals surface area contributed by atoms with Gasteiger partial charge in [0.15, 0.2) is 0 Å². The summed E-state index contributed by atoms with van der Waals surface area (Å²) in [6, 6.07) is 5.41. The Morgan fingerprint density at radius 2 is 2.32 bits per heavy atom. The van der Waals surface area contributed by atoms with Gasteiger partial charge in [0.2, 0.25) is 0 Å². The maximum Gasteiger partial charge on any atom is 0.321 e. The van der Waals surface area contributed by atoms with Crippen molar-refractivity contribution >= 4 is 35.1 Å². The number of nitrogens with one attached hydrogen (secondary N) is 1. The molecule has 1 N–H and O–H groups in total. The van der Waals surface area contributed by atoms with Crippen molar-refractivity contribution in [3.63, 3.8) is 0 Å². The third-order valence-electron chi connectivity index (χ3n) is 3.50. The molecule has 1 aromatic carbocycles. The zero-order valence-electron chi connectivity index (χ0n) is 12.8. The minimum Gasteiger partial charge on any atom is -0.490 e. The Bertz CT molecular complexity index is 510. The van der Waals surface area contributed by atoms with Crippen LogP contribution in [0.3, 0.4) is 0 Å². The minimum atomic E-state index is -0.114. The smallest absolute Gasteiger partial charge is 0.321 e. The molecule has 5 nitrogen and oxygen atoms in total. The number of carbonyl (C=O) groups excluding carboxylic acids is 1. The first-order valence-electron chi connectivity index (χ1n) is 7.14. The largest absolute Gasteiger partial charge is 0.490 e. The van der Waals surface area contributed by atoms with E-state index in [1.165, 1.54) is 0 Å². The van der Waals surface area contributed by atoms with E-state index >= 15 is 0 Å². The van der Waals surface area contributed by atoms with Crippen LogP contribution in [0.15, 0.2) is 18.2 Å². The normalized spacial score (nSPS) is 17.3. The molecule has 0 bridgehead atoms. The second-order valence-electron chi connectivity index (χ2n) is 5.04. The Hall–Kier alpha value is -1.11. The van der Waals surface area contributed by atoms with E-state index in [-0.39, 0.29) is 6.03 Å². The molecular weight excluding hydrogens is 324 g/mol. The van der Waals surface area contributed by atoms with E-state index in [4.69, 9.17) is 21.1 Å². The molecule has 7 heteroatoms. The molecule has 2 amide bonds. The highest BCUT2D eigenvalue weighted by molar-refractivity contribution is 7.99. The molecule has 1 aliphatic heterocycles. The zero-order chi connectivity index (χ0) is 15.9. The molecule has 1 aromatic rings. The van der Waals surface area contributed by atoms with Gasteiger partial charge >= 0.3 is 6.03 Å². The highest BCUT2D eigenvalue weighted by Gasteiger charge is 2.23. The average Bonchev–Trinajstić information content (AvgIpc) is 3.03. The lowest BCUT2D eigenvalue weighted by Gasteiger charge is -2.24. The minimum absolute atomic E-state index is 0.114. The molecule has 0 aromatic heterocycles. The van der Waals surface area contributed by atoms with Gasteiger partial charge in [-0.3, -0.25) is 0 Å². The number of anilines is 1. The average molecular weight is 345 g/mol. The molecule has 1 heterocycles. The summed E-state index contributed by atoms with van der Waals surface area (Å²) in [6.45, 7) is 0.934. The van der Waals surface area contributed by atoms with Crippen molar-refractivity contribution < 1.29 is 14.3 Å². The van der Waals surface area contributed by atoms with Gasteiger partial charge in [-0.1, -0.05) is 11.6 Å². The van der Waals surface area contributed by atoms with Crippen molar-refractivity contribution in [3.8, 4) is 5.75 Å². The number of carbonyl (C=O) groups is 1. The first-order chi connectivity index (χ1) is 10.6. The highest BCUT2D eigenvalue weighted by atomic mass is 35.5. The number of nitrogens with zero attached hydrogens (tertiary/aromatic N) is 1. The Morgan fingerprint density at radius 1 is 1.50 bits per heavy atom. The molecule has 22 heavy (non-hydrogen) atoms. The van der Waals surface area contributed by atoms with E-state index < -0.39 is 0 Å². The topological polar surface area (TPSA) is 50.8 Å². The lowest BCUT2D eigenvalue weighted by atomic mass is 10.2. The van der Waals surface area contributed by atoms with E-state index in [2.05, 4.69) is 5.32 Å². The molecule has 1 aliphatic rings. The maximum atomic E-state index is 12.2. The van der Waals surface area contributed by atoms with Gasteiger partial charge in [-0.05, 0) is 30.4 Å². The molecular formula is C15H21ClN2O3S. The highest BCUT2D eigenvalue weighted by Crippen LogP contribution is 2.28. The van der Waals surface area contributed by atoms with Crippen molar-refractivity contribution in [2.24, 2.45) is 0 Å². The second kappa shape index (κ2) is 8.50. The molecule has 1 fully saturated rings. The molecule has 1 saturated heterocycles. The van der Waals surface area contributed by atoms with Gasteiger partial charge in [0.1, 0.15) is 12.4 Å². The Morgan fingerprint density at radius 3 is 2.95 bits per heavy atom. The van der Waals surface area contributed by atoms with Gasteiger partial charge in [0, 0.05) is 31.6 Å². The summed E-state index contributed by atoms with van der Waals surface area (Å²) in [5.74, 6) is 2.69. The quantitative estimate of drug-likeness (QED) is 0.804. The zero-order valence-corrected chi connectivity index (χ0v) is 14.4. The van der Waals surface area contributed by atoms with E-state index in [9.17, 15) is 4.79 Å². The van der Waals surface area contributed by atoms with Crippen LogP contribution in [-0.2, 0) is 4.74 Å². The SMILES string of the molecule is COCCOc1ccc(NC(=O)N(C)[C@@H]2CCSC2)cc1Cl. The number of hydrogen-bond donors (Lipinski definition) is 1. The summed E-state index contributed by atoms with van der Waals surface area (Å²) in [4.78, 5) is 14.0. The van der Waals surface area contributed by atoms with Crippen LogP contribution >= 0.6 is 23.4 Å². The fraction of sp³-hybridized carbons (Fsp3) is 0.533. The van der Waals surface area contributed by atoms with Crippen LogP contribution in [0.2, 0.25) is 5.02 Å². The molecule has 0 radical (unpaired) electrons. The van der Waals surface area contributed by atoms with Crippen LogP contribution in [0.5, 0.6) is 5.75 Å². The molecule has 122 valence electrons. The van der Waals surface area contributed by atoms with Crippen LogP contribution in [0, 0.1) is 0 Å². The first-order valence-corrected chi connectivity index (χ1v) is 8.68. The Balaban J connectivity index is 1.92. The predicted molar refractivity (Wildman–Crippen MR) is 91.3 cm³/mol. The first kappa shape index (κ1) is 17.2. The third-order valence-corrected chi connectivity index (χ3v) is 4.94. The summed E-state index contributed by atoms with van der Waals surface area (Å²) in [5.41, 5.74) is 0.659. The fourth-order valence-electron chi connectivity index (χ4n) is 2.14. The second-order valence-corrected chi connectivity index (χ2v) is 6.60. The number of methoxy groups -OCH3 is 1. The van der Waals surface area contributed by atoms with Crippen molar-refractivity contribution in [2.75, 3.05) is 44.2 Å². The molecule has 0 aliphatic carbocycles. The number of halogens is 1. The van der Waals surface area contributed by atoms with E-state index in [1.54, 1.807) is 30.2 Å². The molecule has 2 rings (SSSR count). The van der Waals surface area contributed by atoms with Crippen LogP contribution in [0.4, 0.5) is 10.5 Å². The van der Waals surface area contributed by atoms with E-state index in [1.807, 2.05) is 18.8 Å². The summed E-state index contributed by atoms with van der Waals surface area (Å²) in [5, 5.41) is 3.33. The van der Waals surface area contributed by atoms with Crippen LogP contribution in [-0.4, -0.2) is 55.8 Å². The lowest BCUT2D eigenvalue weighted by molar-refractivity contribution is 0.146. The Labute approximate surface area is 140 Å². The van der Waals surface area contributed by atoms with Crippen LogP contribution < -0.4 is 10.1 Å². The van der Waals surface area contributed by atoms with Gasteiger partial charge < -0.3 is 19.7 Å². The molecule has 0 unspecified atom stereocenters. The van der Waals surface area contributed by atoms with Crippen molar-refractivity contribution in [3.05, 3.63) is 23.2 Å². The summed E-state index contributed by atoms with van der Waals surface area (Å²) < 4.78 is 10.4. The predicted octanol–water partition coefficient (Wildman–Crippen LogP) is 3.33. The number of rotatable bonds is 6. The third kappa shape index (κ3) is 4.69. The van der Waals surface area contributed by atoms with Crippen molar-refractivity contribution in [1.82, 2.24) is 4.90 Å². The van der Waals surface area contributed by atoms with Crippen molar-refractivity contribution in [2.45, 2.75) is 12.5 Å². The van der Waals surface area contributed by atoms with Gasteiger partial charge in [-0.15, -0.1) is 0 Å². The number of amides is 2. The van der Waals surface area contributed by atoms with E-state index in [0.29, 0.717) is 35.7 Å². The lowest BCUT2D eigenvalue weighted by Crippen LogP contribution is -2.39. The number of hydrogen-bond acceptors (Lipinski definition) is 4. The molecule has 1 atom stereocenters. The van der Waals surface area contributed by atoms with Crippen LogP contribution in [0.1, 0.15) is 6.42 Å². The summed E-state index contributed by atoms with van der Waals surface area (Å²) in [7, 11) is 3.44. The molecule has 0 saturated carbocycles. The summed E-state index contributed by atoms with van der Waals surface area (Å²) in [6.07, 6.45) is 1.04. The maximum absolute atomic E-state index is 12.2. The monoisotopic (exact) mass is 344 g/mol. The van der Waals surface area contributed by atoms with Gasteiger partial charge in [0.05, 0.1) is 11.6 Å². The fourth-order valence-corrected chi connectivity index (χ4v) is 3.64. The number of benzene rings is 1. The van der Waals surface area contributed by atoms with Gasteiger partial charge in [-0.2, -0.15) is 11.8 Å². The van der Waals surface area contributed by atoms with Crippen LogP contribution in [0.25, 0.3) is 0 Å². The standard InChI is InChI=1S/C15H21ClN2O3S/c1-18(12-5-8-22-10-12)15(19)17-11-3-4-14(13(16)9-11)21-7-6-20-2/h3-4,9,12H,5-8,10H2,1-2H3,(H,17,19)/t12-/m1/s1. The van der Waals surface area contributed by atoms with Gasteiger partial charge in [0.25, 0.3) is 0 Å². The number of urea groups is 1. The van der Waals surface area contributed by atoms with E-state index in [0.717, 1.165) is 17.9 Å². The summed E-state index contributed by atoms with van der Waals surface area (Å²) >= 11 is 8.04. The number of thioether (sulfide) groups is 1. The number of ether oxygens (including phenoxy) is 2. The molecule has 0 spiro atoms. The van der Waals surface area contributed by atoms with Crippen molar-refractivity contribution in [1.29, 1.82) is 0 Å².